The van der Waals surface area contributed by atoms with Gasteiger partial charge in [-0.2, -0.15) is 0 Å². The van der Waals surface area contributed by atoms with E-state index in [2.05, 4.69) is 5.16 Å². The van der Waals surface area contributed by atoms with Crippen molar-refractivity contribution in [2.75, 3.05) is 4.90 Å². The molecule has 4 heterocycles. The molecule has 0 unspecified atom stereocenters. The number of rotatable bonds is 3. The first-order chi connectivity index (χ1) is 15.0. The SMILES string of the molecule is O=C1[C@@H]2[C@H]3O[C@@H]([C@@H]4C(c5cccc([N+](=O)[O-])c5)=NO[C@@H]34)[C@@H]2C(=O)N1c1ccc(Cl)cc1. The van der Waals surface area contributed by atoms with Crippen LogP contribution in [0.2, 0.25) is 5.02 Å². The first-order valence-corrected chi connectivity index (χ1v) is 10.1. The molecule has 0 saturated carbocycles. The van der Waals surface area contributed by atoms with Gasteiger partial charge in [-0.05, 0) is 24.3 Å². The summed E-state index contributed by atoms with van der Waals surface area (Å²) < 4.78 is 6.05. The number of imide groups is 1. The molecule has 10 heteroatoms. The number of benzene rings is 2. The maximum absolute atomic E-state index is 13.3. The van der Waals surface area contributed by atoms with Crippen molar-refractivity contribution in [3.05, 3.63) is 69.2 Å². The Kier molecular flexibility index (Phi) is 3.78. The number of carbonyl (C=O) groups excluding carboxylic acids is 2. The number of halogens is 1. The first-order valence-electron chi connectivity index (χ1n) is 9.73. The molecule has 0 spiro atoms. The van der Waals surface area contributed by atoms with Crippen molar-refractivity contribution in [3.8, 4) is 0 Å². The number of hydrogen-bond acceptors (Lipinski definition) is 7. The van der Waals surface area contributed by atoms with E-state index >= 15 is 0 Å². The van der Waals surface area contributed by atoms with E-state index in [1.54, 1.807) is 36.4 Å². The Hall–Kier alpha value is -3.30. The monoisotopic (exact) mass is 439 g/mol. The zero-order valence-electron chi connectivity index (χ0n) is 15.8. The van der Waals surface area contributed by atoms with E-state index in [1.807, 2.05) is 0 Å². The minimum absolute atomic E-state index is 0.0633. The molecular formula is C21H14ClN3O6. The molecule has 2 aromatic rings. The summed E-state index contributed by atoms with van der Waals surface area (Å²) in [6.07, 6.45) is -1.70. The lowest BCUT2D eigenvalue weighted by molar-refractivity contribution is -0.384. The standard InChI is InChI=1S/C21H14ClN3O6/c22-10-4-6-11(7-5-10)24-20(26)13-14(21(24)27)18-19-15(17(13)30-18)16(23-31-19)9-2-1-3-12(8-9)25(28)29/h1-8,13-15,17-19H/t13-,14+,15+,17-,18-,19-/m1/s1. The molecule has 156 valence electrons. The minimum Gasteiger partial charge on any atom is -0.389 e. The van der Waals surface area contributed by atoms with Crippen LogP contribution in [0.3, 0.4) is 0 Å². The number of carbonyl (C=O) groups is 2. The van der Waals surface area contributed by atoms with Crippen molar-refractivity contribution in [1.29, 1.82) is 0 Å². The molecular weight excluding hydrogens is 426 g/mol. The first kappa shape index (κ1) is 18.5. The summed E-state index contributed by atoms with van der Waals surface area (Å²) in [6, 6.07) is 12.6. The molecule has 31 heavy (non-hydrogen) atoms. The van der Waals surface area contributed by atoms with Crippen molar-refractivity contribution in [3.63, 3.8) is 0 Å². The molecule has 4 aliphatic rings. The number of nitrogens with zero attached hydrogens (tertiary/aromatic N) is 3. The molecule has 0 aliphatic carbocycles. The molecule has 2 amide bonds. The van der Waals surface area contributed by atoms with E-state index in [-0.39, 0.29) is 23.4 Å². The van der Waals surface area contributed by atoms with E-state index in [4.69, 9.17) is 21.2 Å². The van der Waals surface area contributed by atoms with Crippen LogP contribution in [-0.2, 0) is 19.2 Å². The number of anilines is 1. The van der Waals surface area contributed by atoms with Gasteiger partial charge < -0.3 is 9.57 Å². The molecule has 6 rings (SSSR count). The van der Waals surface area contributed by atoms with Crippen molar-refractivity contribution >= 4 is 40.5 Å². The van der Waals surface area contributed by atoms with Crippen molar-refractivity contribution in [1.82, 2.24) is 0 Å². The quantitative estimate of drug-likeness (QED) is 0.413. The van der Waals surface area contributed by atoms with Crippen molar-refractivity contribution < 1.29 is 24.1 Å². The number of oxime groups is 1. The average Bonchev–Trinajstić information content (AvgIpc) is 3.49. The van der Waals surface area contributed by atoms with Crippen LogP contribution in [-0.4, -0.2) is 40.8 Å². The summed E-state index contributed by atoms with van der Waals surface area (Å²) in [5.41, 5.74) is 1.45. The maximum Gasteiger partial charge on any atom is 0.270 e. The lowest BCUT2D eigenvalue weighted by Crippen LogP contribution is -2.45. The number of ether oxygens (including phenoxy) is 1. The van der Waals surface area contributed by atoms with Gasteiger partial charge in [0.2, 0.25) is 11.8 Å². The van der Waals surface area contributed by atoms with Gasteiger partial charge in [-0.15, -0.1) is 0 Å². The number of nitro groups is 1. The van der Waals surface area contributed by atoms with Crippen molar-refractivity contribution in [2.45, 2.75) is 18.3 Å². The van der Waals surface area contributed by atoms with Gasteiger partial charge >= 0.3 is 0 Å². The Balaban J connectivity index is 1.34. The molecule has 2 aromatic carbocycles. The molecule has 2 bridgehead atoms. The van der Waals surface area contributed by atoms with Crippen LogP contribution in [0.1, 0.15) is 5.56 Å². The summed E-state index contributed by atoms with van der Waals surface area (Å²) in [5, 5.41) is 15.8. The molecule has 4 aliphatic heterocycles. The zero-order chi connectivity index (χ0) is 21.4. The molecule has 0 N–H and O–H groups in total. The highest BCUT2D eigenvalue weighted by atomic mass is 35.5. The van der Waals surface area contributed by atoms with E-state index in [0.29, 0.717) is 22.0 Å². The van der Waals surface area contributed by atoms with E-state index in [1.165, 1.54) is 17.0 Å². The fourth-order valence-electron chi connectivity index (χ4n) is 5.22. The number of hydrogen-bond donors (Lipinski definition) is 0. The number of amides is 2. The Morgan fingerprint density at radius 3 is 2.39 bits per heavy atom. The third kappa shape index (κ3) is 2.44. The zero-order valence-corrected chi connectivity index (χ0v) is 16.5. The molecule has 9 nitrogen and oxygen atoms in total. The van der Waals surface area contributed by atoms with Gasteiger partial charge in [-0.3, -0.25) is 19.7 Å². The average molecular weight is 440 g/mol. The number of non-ortho nitro benzene ring substituents is 1. The van der Waals surface area contributed by atoms with Gasteiger partial charge in [-0.25, -0.2) is 4.90 Å². The fraction of sp³-hybridized carbons (Fsp3) is 0.286. The van der Waals surface area contributed by atoms with Crippen LogP contribution in [0.15, 0.2) is 53.7 Å². The van der Waals surface area contributed by atoms with Crippen LogP contribution >= 0.6 is 11.6 Å². The van der Waals surface area contributed by atoms with E-state index in [9.17, 15) is 19.7 Å². The van der Waals surface area contributed by atoms with Crippen LogP contribution in [0.4, 0.5) is 11.4 Å². The second-order valence-electron chi connectivity index (χ2n) is 7.98. The number of nitro benzene ring substituents is 1. The maximum atomic E-state index is 13.3. The predicted octanol–water partition coefficient (Wildman–Crippen LogP) is 2.55. The topological polar surface area (TPSA) is 111 Å². The van der Waals surface area contributed by atoms with Gasteiger partial charge in [0, 0.05) is 22.7 Å². The molecule has 3 saturated heterocycles. The Morgan fingerprint density at radius 1 is 0.968 bits per heavy atom. The molecule has 3 fully saturated rings. The van der Waals surface area contributed by atoms with E-state index in [0.717, 1.165) is 0 Å². The summed E-state index contributed by atoms with van der Waals surface area (Å²) in [5.74, 6) is -2.33. The second-order valence-corrected chi connectivity index (χ2v) is 8.42. The van der Waals surface area contributed by atoms with Crippen LogP contribution in [0.5, 0.6) is 0 Å². The smallest absolute Gasteiger partial charge is 0.270 e. The van der Waals surface area contributed by atoms with Crippen molar-refractivity contribution in [2.24, 2.45) is 22.9 Å². The highest BCUT2D eigenvalue weighted by Crippen LogP contribution is 2.55. The third-order valence-electron chi connectivity index (χ3n) is 6.48. The number of fused-ring (bicyclic) bond motifs is 8. The Labute approximate surface area is 180 Å². The van der Waals surface area contributed by atoms with E-state index < -0.39 is 35.1 Å². The minimum atomic E-state index is -0.653. The predicted molar refractivity (Wildman–Crippen MR) is 108 cm³/mol. The lowest BCUT2D eigenvalue weighted by atomic mass is 9.71. The molecule has 6 atom stereocenters. The van der Waals surface area contributed by atoms with Crippen LogP contribution in [0, 0.1) is 27.9 Å². The van der Waals surface area contributed by atoms with Gasteiger partial charge in [-0.1, -0.05) is 28.9 Å². The molecule has 0 aromatic heterocycles. The largest absolute Gasteiger partial charge is 0.389 e. The fourth-order valence-corrected chi connectivity index (χ4v) is 5.35. The highest BCUT2D eigenvalue weighted by Gasteiger charge is 2.72. The normalized spacial score (nSPS) is 32.7. The van der Waals surface area contributed by atoms with Gasteiger partial charge in [0.15, 0.2) is 6.10 Å². The summed E-state index contributed by atoms with van der Waals surface area (Å²) >= 11 is 5.93. The molecule has 0 radical (unpaired) electrons. The lowest BCUT2D eigenvalue weighted by Gasteiger charge is -2.26. The van der Waals surface area contributed by atoms with Crippen LogP contribution in [0.25, 0.3) is 0 Å². The summed E-state index contributed by atoms with van der Waals surface area (Å²) in [7, 11) is 0. The van der Waals surface area contributed by atoms with Gasteiger partial charge in [0.25, 0.3) is 5.69 Å². The Bertz CT molecular complexity index is 1180. The van der Waals surface area contributed by atoms with Gasteiger partial charge in [0.05, 0.1) is 40.2 Å². The van der Waals surface area contributed by atoms with Crippen LogP contribution < -0.4 is 4.90 Å². The highest BCUT2D eigenvalue weighted by molar-refractivity contribution is 6.31. The third-order valence-corrected chi connectivity index (χ3v) is 6.73. The second kappa shape index (κ2) is 6.35. The van der Waals surface area contributed by atoms with Gasteiger partial charge in [0.1, 0.15) is 6.10 Å². The summed E-state index contributed by atoms with van der Waals surface area (Å²) in [4.78, 5) is 43.9. The Morgan fingerprint density at radius 2 is 1.68 bits per heavy atom. The summed E-state index contributed by atoms with van der Waals surface area (Å²) in [6.45, 7) is 0.